The van der Waals surface area contributed by atoms with E-state index in [2.05, 4.69) is 6.07 Å². The third-order valence-electron chi connectivity index (χ3n) is 4.94. The molecule has 3 aromatic carbocycles. The van der Waals surface area contributed by atoms with Crippen LogP contribution in [0.4, 0.5) is 0 Å². The topological polar surface area (TPSA) is 38.8 Å². The van der Waals surface area contributed by atoms with Gasteiger partial charge in [0.1, 0.15) is 24.3 Å². The molecule has 0 spiro atoms. The third-order valence-corrected chi connectivity index (χ3v) is 6.20. The summed E-state index contributed by atoms with van der Waals surface area (Å²) < 4.78 is 11.6. The monoisotopic (exact) mass is 419 g/mol. The number of carbonyl (C=O) groups is 1. The predicted octanol–water partition coefficient (Wildman–Crippen LogP) is 5.06. The Morgan fingerprint density at radius 1 is 0.900 bits per heavy atom. The van der Waals surface area contributed by atoms with Crippen molar-refractivity contribution in [3.05, 3.63) is 102 Å². The Hall–Kier alpha value is -2.76. The molecule has 0 aromatic heterocycles. The van der Waals surface area contributed by atoms with Gasteiger partial charge in [-0.25, -0.2) is 0 Å². The molecule has 1 amide bonds. The highest BCUT2D eigenvalue weighted by molar-refractivity contribution is 7.99. The van der Waals surface area contributed by atoms with Crippen LogP contribution in [0.5, 0.6) is 5.75 Å². The number of carbonyl (C=O) groups excluding carboxylic acids is 1. The zero-order chi connectivity index (χ0) is 20.6. The molecule has 1 aliphatic heterocycles. The Balaban J connectivity index is 1.35. The first-order valence-electron chi connectivity index (χ1n) is 10.1. The van der Waals surface area contributed by atoms with Crippen molar-refractivity contribution in [2.24, 2.45) is 0 Å². The molecule has 30 heavy (non-hydrogen) atoms. The maximum Gasteiger partial charge on any atom is 0.249 e. The zero-order valence-corrected chi connectivity index (χ0v) is 17.6. The van der Waals surface area contributed by atoms with Gasteiger partial charge in [-0.15, -0.1) is 11.8 Å². The second kappa shape index (κ2) is 10.3. The van der Waals surface area contributed by atoms with Gasteiger partial charge in [0, 0.05) is 12.3 Å². The fraction of sp³-hybridized carbons (Fsp3) is 0.240. The van der Waals surface area contributed by atoms with Crippen LogP contribution in [-0.4, -0.2) is 29.7 Å². The van der Waals surface area contributed by atoms with Crippen LogP contribution >= 0.6 is 11.8 Å². The molecule has 154 valence electrons. The predicted molar refractivity (Wildman–Crippen MR) is 120 cm³/mol. The first-order valence-corrected chi connectivity index (χ1v) is 11.1. The molecule has 0 saturated carbocycles. The molecule has 1 aliphatic rings. The summed E-state index contributed by atoms with van der Waals surface area (Å²) in [4.78, 5) is 14.7. The highest BCUT2D eigenvalue weighted by Crippen LogP contribution is 2.39. The Bertz CT molecular complexity index is 949. The van der Waals surface area contributed by atoms with Gasteiger partial charge in [0.2, 0.25) is 5.91 Å². The van der Waals surface area contributed by atoms with Gasteiger partial charge >= 0.3 is 0 Å². The van der Waals surface area contributed by atoms with Gasteiger partial charge in [-0.1, -0.05) is 72.8 Å². The molecule has 3 aromatic rings. The number of hydrogen-bond donors (Lipinski definition) is 0. The Morgan fingerprint density at radius 2 is 1.60 bits per heavy atom. The van der Waals surface area contributed by atoms with Crippen LogP contribution in [-0.2, 0) is 22.7 Å². The number of thioether (sulfide) groups is 1. The molecule has 0 bridgehead atoms. The summed E-state index contributed by atoms with van der Waals surface area (Å²) in [6.07, 6.45) is 0. The average Bonchev–Trinajstić information content (AvgIpc) is 3.29. The van der Waals surface area contributed by atoms with Gasteiger partial charge in [-0.3, -0.25) is 4.79 Å². The SMILES string of the molecule is O=C(COCc1ccccc1)N1CCS[C@@H]1c1cccc(OCc2ccccc2)c1. The van der Waals surface area contributed by atoms with E-state index in [0.717, 1.165) is 34.7 Å². The van der Waals surface area contributed by atoms with Crippen LogP contribution in [0.3, 0.4) is 0 Å². The molecule has 1 heterocycles. The van der Waals surface area contributed by atoms with E-state index in [1.54, 1.807) is 11.8 Å². The minimum Gasteiger partial charge on any atom is -0.489 e. The number of hydrogen-bond acceptors (Lipinski definition) is 4. The van der Waals surface area contributed by atoms with Crippen molar-refractivity contribution < 1.29 is 14.3 Å². The summed E-state index contributed by atoms with van der Waals surface area (Å²) >= 11 is 1.78. The van der Waals surface area contributed by atoms with Crippen molar-refractivity contribution >= 4 is 17.7 Å². The smallest absolute Gasteiger partial charge is 0.249 e. The van der Waals surface area contributed by atoms with Crippen molar-refractivity contribution in [1.82, 2.24) is 4.90 Å². The van der Waals surface area contributed by atoms with E-state index >= 15 is 0 Å². The fourth-order valence-corrected chi connectivity index (χ4v) is 4.68. The van der Waals surface area contributed by atoms with Crippen molar-refractivity contribution in [3.63, 3.8) is 0 Å². The van der Waals surface area contributed by atoms with Gasteiger partial charge in [-0.05, 0) is 28.8 Å². The van der Waals surface area contributed by atoms with E-state index in [4.69, 9.17) is 9.47 Å². The quantitative estimate of drug-likeness (QED) is 0.512. The van der Waals surface area contributed by atoms with Crippen LogP contribution in [0.2, 0.25) is 0 Å². The zero-order valence-electron chi connectivity index (χ0n) is 16.8. The fourth-order valence-electron chi connectivity index (χ4n) is 3.41. The summed E-state index contributed by atoms with van der Waals surface area (Å²) in [5.74, 6) is 1.76. The molecule has 0 N–H and O–H groups in total. The van der Waals surface area contributed by atoms with E-state index in [0.29, 0.717) is 13.2 Å². The molecule has 4 rings (SSSR count). The molecule has 0 radical (unpaired) electrons. The standard InChI is InChI=1S/C25H25NO3S/c27-24(19-28-17-20-8-3-1-4-9-20)26-14-15-30-25(26)22-12-7-13-23(16-22)29-18-21-10-5-2-6-11-21/h1-13,16,25H,14-15,17-19H2/t25-/m1/s1. The molecule has 1 atom stereocenters. The lowest BCUT2D eigenvalue weighted by atomic mass is 10.2. The van der Waals surface area contributed by atoms with Crippen LogP contribution in [0, 0.1) is 0 Å². The normalized spacial score (nSPS) is 15.9. The molecular weight excluding hydrogens is 394 g/mol. The van der Waals surface area contributed by atoms with Gasteiger partial charge in [0.25, 0.3) is 0 Å². The molecule has 5 heteroatoms. The van der Waals surface area contributed by atoms with Crippen molar-refractivity contribution in [1.29, 1.82) is 0 Å². The molecule has 0 unspecified atom stereocenters. The van der Waals surface area contributed by atoms with E-state index in [9.17, 15) is 4.79 Å². The average molecular weight is 420 g/mol. The highest BCUT2D eigenvalue weighted by atomic mass is 32.2. The Kier molecular flexibility index (Phi) is 7.06. The van der Waals surface area contributed by atoms with Crippen molar-refractivity contribution in [2.75, 3.05) is 18.9 Å². The number of benzene rings is 3. The number of ether oxygens (including phenoxy) is 2. The van der Waals surface area contributed by atoms with Crippen LogP contribution in [0.1, 0.15) is 22.1 Å². The second-order valence-corrected chi connectivity index (χ2v) is 8.32. The Labute approximate surface area is 181 Å². The first-order chi connectivity index (χ1) is 14.8. The third kappa shape index (κ3) is 5.43. The highest BCUT2D eigenvalue weighted by Gasteiger charge is 2.30. The van der Waals surface area contributed by atoms with E-state index < -0.39 is 0 Å². The summed E-state index contributed by atoms with van der Waals surface area (Å²) in [6.45, 7) is 1.80. The summed E-state index contributed by atoms with van der Waals surface area (Å²) in [6, 6.07) is 28.1. The minimum absolute atomic E-state index is 0.00176. The van der Waals surface area contributed by atoms with Gasteiger partial charge in [0.05, 0.1) is 6.61 Å². The minimum atomic E-state index is -0.00176. The Morgan fingerprint density at radius 3 is 2.33 bits per heavy atom. The van der Waals surface area contributed by atoms with Crippen LogP contribution < -0.4 is 4.74 Å². The van der Waals surface area contributed by atoms with E-state index in [-0.39, 0.29) is 17.9 Å². The summed E-state index contributed by atoms with van der Waals surface area (Å²) in [7, 11) is 0. The lowest BCUT2D eigenvalue weighted by Gasteiger charge is -2.24. The van der Waals surface area contributed by atoms with Gasteiger partial charge in [-0.2, -0.15) is 0 Å². The molecule has 1 fully saturated rings. The number of rotatable bonds is 8. The lowest BCUT2D eigenvalue weighted by molar-refractivity contribution is -0.136. The van der Waals surface area contributed by atoms with Gasteiger partial charge < -0.3 is 14.4 Å². The molecule has 4 nitrogen and oxygen atoms in total. The molecule has 1 saturated heterocycles. The van der Waals surface area contributed by atoms with Gasteiger partial charge in [0.15, 0.2) is 0 Å². The van der Waals surface area contributed by atoms with E-state index in [1.165, 1.54) is 0 Å². The number of amides is 1. The van der Waals surface area contributed by atoms with Crippen LogP contribution in [0.15, 0.2) is 84.9 Å². The first kappa shape index (κ1) is 20.5. The van der Waals surface area contributed by atoms with Crippen LogP contribution in [0.25, 0.3) is 0 Å². The maximum absolute atomic E-state index is 12.8. The maximum atomic E-state index is 12.8. The summed E-state index contributed by atoms with van der Waals surface area (Å²) in [5, 5.41) is -0.00176. The largest absolute Gasteiger partial charge is 0.489 e. The second-order valence-electron chi connectivity index (χ2n) is 7.14. The molecular formula is C25H25NO3S. The number of nitrogens with zero attached hydrogens (tertiary/aromatic N) is 1. The van der Waals surface area contributed by atoms with Crippen molar-refractivity contribution in [2.45, 2.75) is 18.6 Å². The molecule has 0 aliphatic carbocycles. The van der Waals surface area contributed by atoms with E-state index in [1.807, 2.05) is 83.8 Å². The summed E-state index contributed by atoms with van der Waals surface area (Å²) in [5.41, 5.74) is 3.28. The lowest BCUT2D eigenvalue weighted by Crippen LogP contribution is -2.33. The van der Waals surface area contributed by atoms with Crippen molar-refractivity contribution in [3.8, 4) is 5.75 Å².